The van der Waals surface area contributed by atoms with Crippen LogP contribution >= 0.6 is 30.5 Å². The number of benzene rings is 1. The lowest BCUT2D eigenvalue weighted by Crippen LogP contribution is -2.12. The molecule has 0 unspecified atom stereocenters. The Bertz CT molecular complexity index is 1010. The lowest BCUT2D eigenvalue weighted by molar-refractivity contribution is 0.388. The van der Waals surface area contributed by atoms with Gasteiger partial charge in [0, 0.05) is 11.4 Å². The number of nitrogens with one attached hydrogen (secondary N) is 1. The number of aromatic nitrogens is 2. The number of rotatable bonds is 3. The second-order valence-corrected chi connectivity index (χ2v) is 8.35. The number of fused-ring (bicyclic) bond motifs is 1. The fourth-order valence-electron chi connectivity index (χ4n) is 2.38. The van der Waals surface area contributed by atoms with Crippen LogP contribution in [0.4, 0.5) is 0 Å². The standard InChI is InChI=1S/C14H12ClN2O4PS/c1-7-11-12(18)16-10(6-8-3-2-4-9(15)5-8)17-13(11)23-14(7)22(19,20)21/h2-5H,6H2,1H3,(H,16,17,18)(H2,19,20,21). The van der Waals surface area contributed by atoms with Gasteiger partial charge in [0.05, 0.1) is 5.39 Å². The summed E-state index contributed by atoms with van der Waals surface area (Å²) in [5, 5.41) is 0.810. The van der Waals surface area contributed by atoms with Crippen LogP contribution in [-0.4, -0.2) is 19.8 Å². The number of hydrogen-bond donors (Lipinski definition) is 3. The average molecular weight is 371 g/mol. The molecule has 2 heterocycles. The minimum atomic E-state index is -4.43. The van der Waals surface area contributed by atoms with Crippen molar-refractivity contribution in [2.45, 2.75) is 13.3 Å². The zero-order valence-electron chi connectivity index (χ0n) is 11.9. The summed E-state index contributed by atoms with van der Waals surface area (Å²) < 4.78 is 11.4. The molecule has 9 heteroatoms. The molecule has 1 aromatic carbocycles. The van der Waals surface area contributed by atoms with Crippen LogP contribution < -0.4 is 10.2 Å². The Balaban J connectivity index is 2.11. The largest absolute Gasteiger partial charge is 0.366 e. The molecule has 3 N–H and O–H groups in total. The summed E-state index contributed by atoms with van der Waals surface area (Å²) in [5.41, 5.74) is 0.755. The SMILES string of the molecule is Cc1c(P(=O)(O)O)sc2nc(Cc3cccc(Cl)c3)[nH]c(=O)c12. The third kappa shape index (κ3) is 3.24. The maximum absolute atomic E-state index is 12.2. The first-order valence-corrected chi connectivity index (χ1v) is 9.39. The van der Waals surface area contributed by atoms with E-state index in [2.05, 4.69) is 9.97 Å². The lowest BCUT2D eigenvalue weighted by Gasteiger charge is -2.02. The van der Waals surface area contributed by atoms with Gasteiger partial charge in [0.15, 0.2) is 0 Å². The second kappa shape index (κ2) is 5.85. The van der Waals surface area contributed by atoms with E-state index in [0.29, 0.717) is 22.1 Å². The van der Waals surface area contributed by atoms with Crippen molar-refractivity contribution < 1.29 is 14.4 Å². The van der Waals surface area contributed by atoms with Crippen molar-refractivity contribution in [2.75, 3.05) is 0 Å². The van der Waals surface area contributed by atoms with Crippen LogP contribution in [0.3, 0.4) is 0 Å². The summed E-state index contributed by atoms with van der Waals surface area (Å²) in [7, 11) is -4.43. The number of thiophene rings is 1. The number of H-pyrrole nitrogens is 1. The molecule has 0 saturated carbocycles. The van der Waals surface area contributed by atoms with E-state index < -0.39 is 13.2 Å². The van der Waals surface area contributed by atoms with E-state index in [1.807, 2.05) is 6.07 Å². The highest BCUT2D eigenvalue weighted by atomic mass is 35.5. The van der Waals surface area contributed by atoms with Crippen molar-refractivity contribution in [1.29, 1.82) is 0 Å². The van der Waals surface area contributed by atoms with E-state index in [-0.39, 0.29) is 15.6 Å². The quantitative estimate of drug-likeness (QED) is 0.614. The van der Waals surface area contributed by atoms with Crippen molar-refractivity contribution in [1.82, 2.24) is 9.97 Å². The van der Waals surface area contributed by atoms with E-state index in [4.69, 9.17) is 11.6 Å². The third-order valence-electron chi connectivity index (χ3n) is 3.35. The van der Waals surface area contributed by atoms with Crippen molar-refractivity contribution in [3.8, 4) is 0 Å². The van der Waals surface area contributed by atoms with E-state index >= 15 is 0 Å². The number of nitrogens with zero attached hydrogens (tertiary/aromatic N) is 1. The van der Waals surface area contributed by atoms with Crippen LogP contribution in [0.2, 0.25) is 5.02 Å². The zero-order valence-corrected chi connectivity index (χ0v) is 14.4. The predicted molar refractivity (Wildman–Crippen MR) is 90.9 cm³/mol. The number of aromatic amines is 1. The highest BCUT2D eigenvalue weighted by Gasteiger charge is 2.26. The Morgan fingerprint density at radius 3 is 2.78 bits per heavy atom. The van der Waals surface area contributed by atoms with Gasteiger partial charge in [-0.1, -0.05) is 23.7 Å². The molecule has 6 nitrogen and oxygen atoms in total. The Morgan fingerprint density at radius 1 is 1.39 bits per heavy atom. The molecule has 0 aliphatic rings. The Labute approximate surface area is 139 Å². The highest BCUT2D eigenvalue weighted by molar-refractivity contribution is 7.68. The summed E-state index contributed by atoms with van der Waals surface area (Å²) in [6.07, 6.45) is 0.369. The molecule has 0 radical (unpaired) electrons. The Hall–Kier alpha value is -1.50. The molecule has 0 aliphatic heterocycles. The van der Waals surface area contributed by atoms with Gasteiger partial charge in [-0.15, -0.1) is 11.3 Å². The van der Waals surface area contributed by atoms with Crippen LogP contribution in [-0.2, 0) is 11.0 Å². The third-order valence-corrected chi connectivity index (χ3v) is 6.42. The molecule has 120 valence electrons. The van der Waals surface area contributed by atoms with Crippen LogP contribution in [0, 0.1) is 6.92 Å². The molecule has 0 bridgehead atoms. The van der Waals surface area contributed by atoms with Gasteiger partial charge in [-0.2, -0.15) is 0 Å². The fourth-order valence-corrected chi connectivity index (χ4v) is 4.82. The molecule has 2 aromatic heterocycles. The van der Waals surface area contributed by atoms with Crippen LogP contribution in [0.15, 0.2) is 29.1 Å². The van der Waals surface area contributed by atoms with Gasteiger partial charge in [0.1, 0.15) is 15.3 Å². The van der Waals surface area contributed by atoms with Gasteiger partial charge in [-0.3, -0.25) is 9.36 Å². The zero-order chi connectivity index (χ0) is 16.8. The van der Waals surface area contributed by atoms with Crippen molar-refractivity contribution in [2.24, 2.45) is 0 Å². The van der Waals surface area contributed by atoms with E-state index in [9.17, 15) is 19.1 Å². The molecule has 0 amide bonds. The first-order chi connectivity index (χ1) is 10.8. The molecule has 0 aliphatic carbocycles. The van der Waals surface area contributed by atoms with Gasteiger partial charge in [0.25, 0.3) is 5.56 Å². The summed E-state index contributed by atoms with van der Waals surface area (Å²) in [5.74, 6) is 0.420. The van der Waals surface area contributed by atoms with Crippen molar-refractivity contribution >= 4 is 45.4 Å². The summed E-state index contributed by atoms with van der Waals surface area (Å²) in [6.45, 7) is 1.51. The van der Waals surface area contributed by atoms with Gasteiger partial charge >= 0.3 is 7.60 Å². The van der Waals surface area contributed by atoms with Gasteiger partial charge in [0.2, 0.25) is 0 Å². The first kappa shape index (κ1) is 16.4. The molecule has 3 rings (SSSR count). The van der Waals surface area contributed by atoms with Crippen molar-refractivity contribution in [3.63, 3.8) is 0 Å². The number of halogens is 1. The number of hydrogen-bond acceptors (Lipinski definition) is 4. The lowest BCUT2D eigenvalue weighted by atomic mass is 10.1. The van der Waals surface area contributed by atoms with Crippen LogP contribution in [0.25, 0.3) is 10.2 Å². The van der Waals surface area contributed by atoms with E-state index in [1.165, 1.54) is 6.92 Å². The number of aryl methyl sites for hydroxylation is 1. The topological polar surface area (TPSA) is 103 Å². The molecule has 0 fully saturated rings. The summed E-state index contributed by atoms with van der Waals surface area (Å²) >= 11 is 6.79. The average Bonchev–Trinajstić information content (AvgIpc) is 2.76. The van der Waals surface area contributed by atoms with Gasteiger partial charge in [-0.25, -0.2) is 4.98 Å². The molecule has 0 saturated heterocycles. The Morgan fingerprint density at radius 2 is 2.13 bits per heavy atom. The molecular weight excluding hydrogens is 359 g/mol. The Kier molecular flexibility index (Phi) is 4.16. The monoisotopic (exact) mass is 370 g/mol. The van der Waals surface area contributed by atoms with Gasteiger partial charge < -0.3 is 14.8 Å². The smallest absolute Gasteiger partial charge is 0.320 e. The highest BCUT2D eigenvalue weighted by Crippen LogP contribution is 2.39. The molecule has 23 heavy (non-hydrogen) atoms. The minimum absolute atomic E-state index is 0.120. The fraction of sp³-hybridized carbons (Fsp3) is 0.143. The van der Waals surface area contributed by atoms with Crippen molar-refractivity contribution in [3.05, 3.63) is 56.6 Å². The molecule has 0 atom stereocenters. The molecular formula is C14H12ClN2O4PS. The normalized spacial score (nSPS) is 12.0. The van der Waals surface area contributed by atoms with Crippen LogP contribution in [0.5, 0.6) is 0 Å². The summed E-state index contributed by atoms with van der Waals surface area (Å²) in [4.78, 5) is 38.3. The predicted octanol–water partition coefficient (Wildman–Crippen LogP) is 2.34. The maximum atomic E-state index is 12.2. The summed E-state index contributed by atoms with van der Waals surface area (Å²) in [6, 6.07) is 7.18. The van der Waals surface area contributed by atoms with Crippen LogP contribution in [0.1, 0.15) is 17.0 Å². The van der Waals surface area contributed by atoms with E-state index in [0.717, 1.165) is 16.9 Å². The first-order valence-electron chi connectivity index (χ1n) is 6.58. The molecule has 0 spiro atoms. The van der Waals surface area contributed by atoms with Gasteiger partial charge in [-0.05, 0) is 30.2 Å². The maximum Gasteiger partial charge on any atom is 0.366 e. The van der Waals surface area contributed by atoms with E-state index in [1.54, 1.807) is 18.2 Å². The second-order valence-electron chi connectivity index (χ2n) is 5.08. The molecule has 3 aromatic rings. The minimum Gasteiger partial charge on any atom is -0.320 e.